The molecule has 0 radical (unpaired) electrons. The van der Waals surface area contributed by atoms with Gasteiger partial charge in [0.15, 0.2) is 5.65 Å². The number of hydrogen-bond donors (Lipinski definition) is 1. The average molecular weight is 478 g/mol. The van der Waals surface area contributed by atoms with Gasteiger partial charge in [-0.15, -0.1) is 0 Å². The Labute approximate surface area is 202 Å². The summed E-state index contributed by atoms with van der Waals surface area (Å²) in [6, 6.07) is 8.62. The van der Waals surface area contributed by atoms with E-state index >= 15 is 0 Å². The number of aromatic nitrogens is 5. The summed E-state index contributed by atoms with van der Waals surface area (Å²) in [5.74, 6) is 1.99. The Kier molecular flexibility index (Phi) is 5.50. The van der Waals surface area contributed by atoms with Gasteiger partial charge in [0.1, 0.15) is 35.0 Å². The van der Waals surface area contributed by atoms with Crippen LogP contribution in [-0.4, -0.2) is 49.9 Å². The predicted octanol–water partition coefficient (Wildman–Crippen LogP) is 5.33. The van der Waals surface area contributed by atoms with Crippen molar-refractivity contribution in [2.45, 2.75) is 58.2 Å². The Morgan fingerprint density at radius 1 is 0.971 bits per heavy atom. The van der Waals surface area contributed by atoms with Crippen LogP contribution in [0.5, 0.6) is 0 Å². The van der Waals surface area contributed by atoms with Gasteiger partial charge in [-0.3, -0.25) is 0 Å². The summed E-state index contributed by atoms with van der Waals surface area (Å²) in [5.41, 5.74) is 3.71. The molecule has 9 heteroatoms. The van der Waals surface area contributed by atoms with Crippen molar-refractivity contribution in [3.8, 4) is 11.4 Å². The lowest BCUT2D eigenvalue weighted by Crippen LogP contribution is -2.27. The van der Waals surface area contributed by atoms with Crippen LogP contribution in [-0.2, 0) is 0 Å². The molecule has 2 aliphatic rings. The number of halogens is 2. The monoisotopic (exact) mass is 477 g/mol. The predicted molar refractivity (Wildman–Crippen MR) is 133 cm³/mol. The van der Waals surface area contributed by atoms with E-state index in [-0.39, 0.29) is 5.82 Å². The van der Waals surface area contributed by atoms with Crippen LogP contribution in [0.25, 0.3) is 28.1 Å². The SMILES string of the molecule is Cc1nc2ccc(F)cc2nc1-c1cc2nc(N3CC[C@H](F)C3)cc(NC3CCC(C)CC3)n2n1. The highest BCUT2D eigenvalue weighted by Crippen LogP contribution is 2.31. The van der Waals surface area contributed by atoms with E-state index in [2.05, 4.69) is 22.2 Å². The zero-order chi connectivity index (χ0) is 24.1. The van der Waals surface area contributed by atoms with Crippen LogP contribution in [0, 0.1) is 18.7 Å². The quantitative estimate of drug-likeness (QED) is 0.429. The normalized spacial score (nSPS) is 22.9. The van der Waals surface area contributed by atoms with Crippen LogP contribution in [0.3, 0.4) is 0 Å². The number of rotatable bonds is 4. The lowest BCUT2D eigenvalue weighted by Gasteiger charge is -2.28. The van der Waals surface area contributed by atoms with E-state index in [4.69, 9.17) is 10.1 Å². The molecule has 3 aromatic heterocycles. The summed E-state index contributed by atoms with van der Waals surface area (Å²) in [6.07, 6.45) is 4.28. The smallest absolute Gasteiger partial charge is 0.160 e. The topological polar surface area (TPSA) is 71.2 Å². The second-order valence-corrected chi connectivity index (χ2v) is 10.0. The van der Waals surface area contributed by atoms with Gasteiger partial charge in [0, 0.05) is 30.8 Å². The lowest BCUT2D eigenvalue weighted by molar-refractivity contribution is 0.360. The maximum Gasteiger partial charge on any atom is 0.160 e. The number of alkyl halides is 1. The minimum Gasteiger partial charge on any atom is -0.367 e. The molecule has 4 aromatic rings. The second-order valence-electron chi connectivity index (χ2n) is 10.0. The highest BCUT2D eigenvalue weighted by molar-refractivity contribution is 5.78. The Balaban J connectivity index is 1.44. The first-order valence-electron chi connectivity index (χ1n) is 12.4. The summed E-state index contributed by atoms with van der Waals surface area (Å²) in [7, 11) is 0. The molecule has 0 amide bonds. The Morgan fingerprint density at radius 2 is 1.80 bits per heavy atom. The molecular weight excluding hydrogens is 448 g/mol. The molecule has 7 nitrogen and oxygen atoms in total. The van der Waals surface area contributed by atoms with Crippen molar-refractivity contribution in [1.29, 1.82) is 0 Å². The Bertz CT molecular complexity index is 1390. The number of anilines is 2. The van der Waals surface area contributed by atoms with E-state index < -0.39 is 6.17 Å². The molecule has 4 heterocycles. The molecule has 1 aliphatic carbocycles. The number of aryl methyl sites for hydroxylation is 1. The fraction of sp³-hybridized carbons (Fsp3) is 0.462. The first-order chi connectivity index (χ1) is 16.9. The summed E-state index contributed by atoms with van der Waals surface area (Å²) in [6.45, 7) is 5.18. The van der Waals surface area contributed by atoms with Gasteiger partial charge >= 0.3 is 0 Å². The minimum absolute atomic E-state index is 0.353. The third-order valence-corrected chi connectivity index (χ3v) is 7.28. The van der Waals surface area contributed by atoms with Gasteiger partial charge in [-0.2, -0.15) is 9.61 Å². The van der Waals surface area contributed by atoms with Crippen LogP contribution in [0.2, 0.25) is 0 Å². The highest BCUT2D eigenvalue weighted by atomic mass is 19.1. The summed E-state index contributed by atoms with van der Waals surface area (Å²) >= 11 is 0. The fourth-order valence-corrected chi connectivity index (χ4v) is 5.24. The highest BCUT2D eigenvalue weighted by Gasteiger charge is 2.26. The number of nitrogens with one attached hydrogen (secondary N) is 1. The molecule has 0 bridgehead atoms. The van der Waals surface area contributed by atoms with Gasteiger partial charge in [0.25, 0.3) is 0 Å². The molecule has 1 aliphatic heterocycles. The maximum atomic E-state index is 14.0. The summed E-state index contributed by atoms with van der Waals surface area (Å²) in [4.78, 5) is 16.1. The molecule has 1 saturated heterocycles. The molecule has 0 spiro atoms. The van der Waals surface area contributed by atoms with Crippen molar-refractivity contribution in [3.63, 3.8) is 0 Å². The van der Waals surface area contributed by atoms with E-state index in [0.717, 1.165) is 30.4 Å². The van der Waals surface area contributed by atoms with E-state index in [9.17, 15) is 8.78 Å². The molecule has 6 rings (SSSR count). The van der Waals surface area contributed by atoms with Gasteiger partial charge in [-0.25, -0.2) is 23.7 Å². The molecule has 1 N–H and O–H groups in total. The standard InChI is InChI=1S/C26H29F2N7/c1-15-3-6-19(7-4-15)30-25-13-23(34-10-9-18(28)14-34)32-24-12-22(33-35(24)25)26-16(2)29-20-8-5-17(27)11-21(20)31-26/h5,8,11-13,15,18-19,30H,3-4,6-7,9-10,14H2,1-2H3/t15?,18-,19?/m0/s1. The van der Waals surface area contributed by atoms with E-state index in [0.29, 0.717) is 59.3 Å². The van der Waals surface area contributed by atoms with E-state index in [1.807, 2.05) is 24.0 Å². The molecule has 2 fully saturated rings. The lowest BCUT2D eigenvalue weighted by atomic mass is 9.87. The second kappa shape index (κ2) is 8.70. The Hall–Kier alpha value is -3.36. The maximum absolute atomic E-state index is 14.0. The van der Waals surface area contributed by atoms with Crippen LogP contribution >= 0.6 is 0 Å². The van der Waals surface area contributed by atoms with Crippen molar-refractivity contribution >= 4 is 28.3 Å². The molecular formula is C26H29F2N7. The third kappa shape index (κ3) is 4.28. The van der Waals surface area contributed by atoms with Gasteiger partial charge < -0.3 is 10.2 Å². The number of fused-ring (bicyclic) bond motifs is 2. The molecule has 1 atom stereocenters. The molecule has 182 valence electrons. The minimum atomic E-state index is -0.833. The average Bonchev–Trinajstić information content (AvgIpc) is 3.47. The third-order valence-electron chi connectivity index (χ3n) is 7.28. The van der Waals surface area contributed by atoms with Crippen molar-refractivity contribution in [2.24, 2.45) is 5.92 Å². The van der Waals surface area contributed by atoms with Gasteiger partial charge in [0.2, 0.25) is 0 Å². The van der Waals surface area contributed by atoms with Crippen LogP contribution < -0.4 is 10.2 Å². The summed E-state index contributed by atoms with van der Waals surface area (Å²) < 4.78 is 29.6. The van der Waals surface area contributed by atoms with Crippen LogP contribution in [0.15, 0.2) is 30.3 Å². The molecule has 1 aromatic carbocycles. The van der Waals surface area contributed by atoms with Crippen molar-refractivity contribution in [3.05, 3.63) is 41.8 Å². The molecule has 35 heavy (non-hydrogen) atoms. The largest absolute Gasteiger partial charge is 0.367 e. The first kappa shape index (κ1) is 22.1. The van der Waals surface area contributed by atoms with Gasteiger partial charge in [0.05, 0.1) is 23.3 Å². The number of hydrogen-bond acceptors (Lipinski definition) is 6. The zero-order valence-corrected chi connectivity index (χ0v) is 20.0. The van der Waals surface area contributed by atoms with E-state index in [1.165, 1.54) is 25.0 Å². The summed E-state index contributed by atoms with van der Waals surface area (Å²) in [5, 5.41) is 8.53. The fourth-order valence-electron chi connectivity index (χ4n) is 5.24. The number of nitrogens with zero attached hydrogens (tertiary/aromatic N) is 6. The van der Waals surface area contributed by atoms with Gasteiger partial charge in [-0.1, -0.05) is 6.92 Å². The van der Waals surface area contributed by atoms with Crippen LogP contribution in [0.1, 0.15) is 44.7 Å². The number of benzene rings is 1. The molecule has 0 unspecified atom stereocenters. The zero-order valence-electron chi connectivity index (χ0n) is 20.0. The Morgan fingerprint density at radius 3 is 2.57 bits per heavy atom. The van der Waals surface area contributed by atoms with Crippen molar-refractivity contribution in [1.82, 2.24) is 24.6 Å². The van der Waals surface area contributed by atoms with Gasteiger partial charge in [-0.05, 0) is 57.1 Å². The van der Waals surface area contributed by atoms with Crippen molar-refractivity contribution in [2.75, 3.05) is 23.3 Å². The first-order valence-corrected chi connectivity index (χ1v) is 12.4. The van der Waals surface area contributed by atoms with Crippen LogP contribution in [0.4, 0.5) is 20.4 Å². The van der Waals surface area contributed by atoms with E-state index in [1.54, 1.807) is 10.6 Å². The van der Waals surface area contributed by atoms with Crippen molar-refractivity contribution < 1.29 is 8.78 Å². The molecule has 1 saturated carbocycles.